The van der Waals surface area contributed by atoms with Crippen LogP contribution >= 0.6 is 0 Å². The molecular weight excluding hydrogens is 337 g/mol. The number of halogens is 3. The van der Waals surface area contributed by atoms with Gasteiger partial charge in [0, 0.05) is 23.0 Å². The highest BCUT2D eigenvalue weighted by molar-refractivity contribution is 5.99. The van der Waals surface area contributed by atoms with E-state index in [1.807, 2.05) is 5.32 Å². The molecule has 0 aliphatic heterocycles. The second kappa shape index (κ2) is 7.52. The molecule has 3 N–H and O–H groups in total. The van der Waals surface area contributed by atoms with E-state index in [0.29, 0.717) is 0 Å². The van der Waals surface area contributed by atoms with E-state index in [9.17, 15) is 27.9 Å². The average Bonchev–Trinajstić information content (AvgIpc) is 2.55. The van der Waals surface area contributed by atoms with Crippen molar-refractivity contribution in [3.8, 4) is 0 Å². The molecule has 0 spiro atoms. The summed E-state index contributed by atoms with van der Waals surface area (Å²) in [5.41, 5.74) is -0.192. The quantitative estimate of drug-likeness (QED) is 0.437. The van der Waals surface area contributed by atoms with Gasteiger partial charge in [0.2, 0.25) is 6.41 Å². The fourth-order valence-electron chi connectivity index (χ4n) is 2.05. The molecule has 0 aliphatic rings. The van der Waals surface area contributed by atoms with E-state index in [1.165, 1.54) is 24.3 Å². The van der Waals surface area contributed by atoms with Gasteiger partial charge in [-0.3, -0.25) is 14.9 Å². The second-order valence-electron chi connectivity index (χ2n) is 4.91. The fourth-order valence-corrected chi connectivity index (χ4v) is 2.05. The van der Waals surface area contributed by atoms with Crippen molar-refractivity contribution in [2.45, 2.75) is 6.18 Å². The zero-order chi connectivity index (χ0) is 18.4. The Morgan fingerprint density at radius 2 is 1.80 bits per heavy atom. The van der Waals surface area contributed by atoms with Crippen molar-refractivity contribution in [3.05, 3.63) is 65.7 Å². The third-order valence-corrected chi connectivity index (χ3v) is 3.14. The van der Waals surface area contributed by atoms with E-state index in [-0.39, 0.29) is 23.3 Å². The largest absolute Gasteiger partial charge is 0.507 e. The number of aliphatic hydroxyl groups excluding tert-OH is 1. The zero-order valence-corrected chi connectivity index (χ0v) is 12.7. The van der Waals surface area contributed by atoms with Crippen LogP contribution in [-0.4, -0.2) is 17.4 Å². The number of aliphatic hydroxyl groups is 1. The minimum absolute atomic E-state index is 0.160. The van der Waals surface area contributed by atoms with E-state index < -0.39 is 23.4 Å². The fraction of sp³-hybridized carbons (Fsp3) is 0.0588. The van der Waals surface area contributed by atoms with E-state index in [4.69, 9.17) is 0 Å². The molecule has 2 rings (SSSR count). The molecule has 0 fully saturated rings. The number of nitrogens with one attached hydrogen (secondary N) is 2. The summed E-state index contributed by atoms with van der Waals surface area (Å²) < 4.78 is 38.3. The van der Waals surface area contributed by atoms with Crippen LogP contribution in [0, 0.1) is 0 Å². The lowest BCUT2D eigenvalue weighted by Crippen LogP contribution is -2.18. The molecule has 5 nitrogen and oxygen atoms in total. The van der Waals surface area contributed by atoms with Crippen LogP contribution in [0.1, 0.15) is 11.1 Å². The summed E-state index contributed by atoms with van der Waals surface area (Å²) in [6.45, 7) is 0. The van der Waals surface area contributed by atoms with Crippen molar-refractivity contribution in [2.75, 3.05) is 5.32 Å². The number of carbonyl (C=O) groups is 2. The molecule has 25 heavy (non-hydrogen) atoms. The summed E-state index contributed by atoms with van der Waals surface area (Å²) in [5, 5.41) is 14.6. The Bertz CT molecular complexity index is 817. The van der Waals surface area contributed by atoms with Crippen LogP contribution in [0.5, 0.6) is 0 Å². The van der Waals surface area contributed by atoms with Crippen LogP contribution in [-0.2, 0) is 15.8 Å². The van der Waals surface area contributed by atoms with Gasteiger partial charge in [0.1, 0.15) is 5.76 Å². The highest BCUT2D eigenvalue weighted by Gasteiger charge is 2.30. The van der Waals surface area contributed by atoms with Gasteiger partial charge in [0.25, 0.3) is 5.91 Å². The predicted molar refractivity (Wildman–Crippen MR) is 86.0 cm³/mol. The first-order chi connectivity index (χ1) is 11.8. The number of imide groups is 1. The molecule has 130 valence electrons. The first-order valence-electron chi connectivity index (χ1n) is 7.00. The molecular formula is C17H13F3N2O3. The summed E-state index contributed by atoms with van der Waals surface area (Å²) in [7, 11) is 0. The van der Waals surface area contributed by atoms with Crippen molar-refractivity contribution >= 4 is 29.5 Å². The maximum atomic E-state index is 12.8. The van der Waals surface area contributed by atoms with Crippen LogP contribution in [0.15, 0.2) is 54.6 Å². The van der Waals surface area contributed by atoms with Crippen molar-refractivity contribution in [2.24, 2.45) is 0 Å². The van der Waals surface area contributed by atoms with E-state index >= 15 is 0 Å². The molecule has 0 saturated heterocycles. The standard InChI is InChI=1S/C17H13F3N2O3/c18-17(19,20)11-4-3-5-12(8-11)22-14-7-2-1-6-13(14)15(24)9-16(25)21-10-23/h1-10,22,24H,(H,21,23,25)/b15-9+. The highest BCUT2D eigenvalue weighted by Crippen LogP contribution is 2.32. The molecule has 0 aliphatic carbocycles. The van der Waals surface area contributed by atoms with Crippen LogP contribution in [0.3, 0.4) is 0 Å². The van der Waals surface area contributed by atoms with E-state index in [2.05, 4.69) is 5.32 Å². The van der Waals surface area contributed by atoms with E-state index in [1.54, 1.807) is 12.1 Å². The molecule has 8 heteroatoms. The number of rotatable bonds is 5. The summed E-state index contributed by atoms with van der Waals surface area (Å²) in [5.74, 6) is -1.28. The Hall–Kier alpha value is -3.29. The Balaban J connectivity index is 2.33. The molecule has 0 aromatic heterocycles. The SMILES string of the molecule is O=CNC(=O)/C=C(/O)c1ccccc1Nc1cccc(C(F)(F)F)c1. The maximum Gasteiger partial charge on any atom is 0.416 e. The number of carbonyl (C=O) groups excluding carboxylic acids is 2. The molecule has 0 unspecified atom stereocenters. The molecule has 0 heterocycles. The normalized spacial score (nSPS) is 11.7. The summed E-state index contributed by atoms with van der Waals surface area (Å²) >= 11 is 0. The first kappa shape index (κ1) is 18.1. The Kier molecular flexibility index (Phi) is 5.43. The summed E-state index contributed by atoms with van der Waals surface area (Å²) in [4.78, 5) is 21.5. The number of alkyl halides is 3. The average molecular weight is 350 g/mol. The number of hydrogen-bond donors (Lipinski definition) is 3. The number of hydrogen-bond acceptors (Lipinski definition) is 4. The number of para-hydroxylation sites is 1. The Morgan fingerprint density at radius 3 is 2.48 bits per heavy atom. The second-order valence-corrected chi connectivity index (χ2v) is 4.91. The lowest BCUT2D eigenvalue weighted by Gasteiger charge is -2.13. The smallest absolute Gasteiger partial charge is 0.416 e. The maximum absolute atomic E-state index is 12.8. The molecule has 2 aromatic carbocycles. The Labute approximate surface area is 140 Å². The number of anilines is 2. The molecule has 0 saturated carbocycles. The third kappa shape index (κ3) is 4.84. The van der Waals surface area contributed by atoms with Gasteiger partial charge in [0.05, 0.1) is 5.56 Å². The zero-order valence-electron chi connectivity index (χ0n) is 12.7. The highest BCUT2D eigenvalue weighted by atomic mass is 19.4. The van der Waals surface area contributed by atoms with Gasteiger partial charge in [-0.05, 0) is 30.3 Å². The summed E-state index contributed by atoms with van der Waals surface area (Å²) in [6.07, 6.45) is -3.52. The van der Waals surface area contributed by atoms with Crippen LogP contribution in [0.4, 0.5) is 24.5 Å². The predicted octanol–water partition coefficient (Wildman–Crippen LogP) is 3.62. The molecule has 0 radical (unpaired) electrons. The number of amides is 2. The third-order valence-electron chi connectivity index (χ3n) is 3.14. The molecule has 2 amide bonds. The molecule has 0 bridgehead atoms. The van der Waals surface area contributed by atoms with E-state index in [0.717, 1.165) is 18.2 Å². The topological polar surface area (TPSA) is 78.4 Å². The van der Waals surface area contributed by atoms with Gasteiger partial charge in [-0.2, -0.15) is 13.2 Å². The number of benzene rings is 2. The van der Waals surface area contributed by atoms with Gasteiger partial charge in [-0.15, -0.1) is 0 Å². The van der Waals surface area contributed by atoms with Crippen LogP contribution in [0.25, 0.3) is 5.76 Å². The lowest BCUT2D eigenvalue weighted by molar-refractivity contribution is -0.137. The minimum atomic E-state index is -4.48. The van der Waals surface area contributed by atoms with Gasteiger partial charge in [-0.1, -0.05) is 18.2 Å². The molecule has 2 aromatic rings. The Morgan fingerprint density at radius 1 is 1.08 bits per heavy atom. The van der Waals surface area contributed by atoms with Crippen molar-refractivity contribution in [1.29, 1.82) is 0 Å². The van der Waals surface area contributed by atoms with Crippen LogP contribution in [0.2, 0.25) is 0 Å². The van der Waals surface area contributed by atoms with Crippen molar-refractivity contribution in [3.63, 3.8) is 0 Å². The first-order valence-corrected chi connectivity index (χ1v) is 7.00. The summed E-state index contributed by atoms with van der Waals surface area (Å²) in [6, 6.07) is 10.7. The van der Waals surface area contributed by atoms with Crippen LogP contribution < -0.4 is 10.6 Å². The van der Waals surface area contributed by atoms with Gasteiger partial charge < -0.3 is 10.4 Å². The lowest BCUT2D eigenvalue weighted by atomic mass is 10.1. The minimum Gasteiger partial charge on any atom is -0.507 e. The van der Waals surface area contributed by atoms with Gasteiger partial charge in [0.15, 0.2) is 0 Å². The van der Waals surface area contributed by atoms with Gasteiger partial charge >= 0.3 is 6.18 Å². The molecule has 0 atom stereocenters. The van der Waals surface area contributed by atoms with Gasteiger partial charge in [-0.25, -0.2) is 0 Å². The van der Waals surface area contributed by atoms with Crippen molar-refractivity contribution < 1.29 is 27.9 Å². The monoisotopic (exact) mass is 350 g/mol. The van der Waals surface area contributed by atoms with Crippen molar-refractivity contribution in [1.82, 2.24) is 5.32 Å².